The zero-order valence-electron chi connectivity index (χ0n) is 30.5. The zero-order chi connectivity index (χ0) is 35.6. The Kier molecular flexibility index (Phi) is 33.3. The van der Waals surface area contributed by atoms with E-state index in [1.54, 1.807) is 0 Å². The number of aliphatic hydroxyl groups is 2. The fourth-order valence-electron chi connectivity index (χ4n) is 5.16. The molecule has 48 heavy (non-hydrogen) atoms. The molecule has 0 heterocycles. The summed E-state index contributed by atoms with van der Waals surface area (Å²) in [5.74, 6) is -0.930. The summed E-state index contributed by atoms with van der Waals surface area (Å²) in [5.41, 5.74) is 0. The van der Waals surface area contributed by atoms with Crippen LogP contribution in [0.15, 0.2) is 12.2 Å². The Balaban J connectivity index is 4.29. The molecule has 3 N–H and O–H groups in total. The molecule has 0 bridgehead atoms. The molecule has 0 fully saturated rings. The summed E-state index contributed by atoms with van der Waals surface area (Å²) in [6, 6.07) is 0. The van der Waals surface area contributed by atoms with Crippen LogP contribution in [0.5, 0.6) is 0 Å². The van der Waals surface area contributed by atoms with Gasteiger partial charge in [0.05, 0.1) is 19.8 Å². The normalized spacial score (nSPS) is 14.2. The van der Waals surface area contributed by atoms with Crippen molar-refractivity contribution < 1.29 is 47.8 Å². The Morgan fingerprint density at radius 1 is 0.604 bits per heavy atom. The van der Waals surface area contributed by atoms with Gasteiger partial charge >= 0.3 is 19.8 Å². The highest BCUT2D eigenvalue weighted by Crippen LogP contribution is 2.43. The van der Waals surface area contributed by atoms with Gasteiger partial charge in [-0.25, -0.2) is 4.57 Å². The molecule has 0 saturated heterocycles. The van der Waals surface area contributed by atoms with E-state index in [4.69, 9.17) is 19.1 Å². The molecule has 0 aliphatic carbocycles. The number of carbonyl (C=O) groups excluding carboxylic acids is 2. The van der Waals surface area contributed by atoms with E-state index in [0.29, 0.717) is 12.8 Å². The van der Waals surface area contributed by atoms with Crippen molar-refractivity contribution in [3.63, 3.8) is 0 Å². The molecule has 0 saturated carbocycles. The number of carbonyl (C=O) groups is 2. The largest absolute Gasteiger partial charge is 0.472 e. The number of unbranched alkanes of at least 4 members (excludes halogenated alkanes) is 20. The van der Waals surface area contributed by atoms with Gasteiger partial charge in [-0.1, -0.05) is 135 Å². The molecule has 284 valence electrons. The fourth-order valence-corrected chi connectivity index (χ4v) is 5.95. The number of esters is 2. The van der Waals surface area contributed by atoms with E-state index < -0.39 is 51.8 Å². The molecule has 0 spiro atoms. The summed E-state index contributed by atoms with van der Waals surface area (Å²) in [6.07, 6.45) is 29.1. The molecular weight excluding hydrogens is 635 g/mol. The maximum atomic E-state index is 12.5. The third-order valence-corrected chi connectivity index (χ3v) is 9.12. The second-order valence-electron chi connectivity index (χ2n) is 13.0. The molecule has 0 aromatic carbocycles. The lowest BCUT2D eigenvalue weighted by Gasteiger charge is -2.20. The van der Waals surface area contributed by atoms with Crippen molar-refractivity contribution in [3.05, 3.63) is 12.2 Å². The molecule has 11 heteroatoms. The van der Waals surface area contributed by atoms with Gasteiger partial charge in [-0.3, -0.25) is 18.6 Å². The van der Waals surface area contributed by atoms with Crippen LogP contribution in [0.2, 0.25) is 0 Å². The third kappa shape index (κ3) is 33.2. The second kappa shape index (κ2) is 34.2. The highest BCUT2D eigenvalue weighted by Gasteiger charge is 2.27. The third-order valence-electron chi connectivity index (χ3n) is 8.17. The molecule has 0 amide bonds. The van der Waals surface area contributed by atoms with E-state index in [-0.39, 0.29) is 19.4 Å². The molecule has 0 aliphatic heterocycles. The van der Waals surface area contributed by atoms with Gasteiger partial charge in [-0.05, 0) is 38.5 Å². The van der Waals surface area contributed by atoms with Crippen molar-refractivity contribution in [3.8, 4) is 0 Å². The van der Waals surface area contributed by atoms with Crippen molar-refractivity contribution in [2.45, 2.75) is 187 Å². The molecular formula is C37H71O10P. The van der Waals surface area contributed by atoms with Crippen LogP contribution in [0.3, 0.4) is 0 Å². The van der Waals surface area contributed by atoms with Crippen LogP contribution in [0.1, 0.15) is 174 Å². The van der Waals surface area contributed by atoms with Gasteiger partial charge in [-0.2, -0.15) is 0 Å². The molecule has 10 nitrogen and oxygen atoms in total. The Morgan fingerprint density at radius 3 is 1.50 bits per heavy atom. The first-order chi connectivity index (χ1) is 23.2. The minimum Gasteiger partial charge on any atom is -0.462 e. The maximum absolute atomic E-state index is 12.5. The topological polar surface area (TPSA) is 149 Å². The van der Waals surface area contributed by atoms with E-state index in [0.717, 1.165) is 44.9 Å². The van der Waals surface area contributed by atoms with Gasteiger partial charge in [0.2, 0.25) is 0 Å². The minimum atomic E-state index is -4.60. The lowest BCUT2D eigenvalue weighted by Crippen LogP contribution is -2.29. The predicted octanol–water partition coefficient (Wildman–Crippen LogP) is 9.28. The summed E-state index contributed by atoms with van der Waals surface area (Å²) < 4.78 is 32.5. The molecule has 0 aromatic rings. The van der Waals surface area contributed by atoms with Crippen LogP contribution >= 0.6 is 7.82 Å². The standard InChI is InChI=1S/C37H71O10P/c1-3-5-7-9-11-13-14-15-16-17-18-19-20-21-23-25-27-29-37(41)47-35(33-46-48(42,43)45-31-34(39)30-38)32-44-36(40)28-26-24-22-12-10-8-6-4-2/h15-16,34-35,38-39H,3-14,17-33H2,1-2H3,(H,42,43)/b16-15-. The van der Waals surface area contributed by atoms with Crippen LogP contribution in [0, 0.1) is 0 Å². The summed E-state index contributed by atoms with van der Waals surface area (Å²) in [6.45, 7) is 2.33. The molecule has 0 aromatic heterocycles. The van der Waals surface area contributed by atoms with Crippen molar-refractivity contribution in [1.82, 2.24) is 0 Å². The molecule has 0 radical (unpaired) electrons. The number of hydrogen-bond donors (Lipinski definition) is 3. The van der Waals surface area contributed by atoms with Gasteiger partial charge < -0.3 is 24.6 Å². The highest BCUT2D eigenvalue weighted by atomic mass is 31.2. The molecule has 3 unspecified atom stereocenters. The van der Waals surface area contributed by atoms with Crippen LogP contribution in [0.25, 0.3) is 0 Å². The average molecular weight is 707 g/mol. The SMILES string of the molecule is CCCCCCCC/C=C\CCCCCCCCCC(=O)OC(COC(=O)CCCCCCCCCC)COP(=O)(O)OCC(O)CO. The Bertz CT molecular complexity index is 822. The van der Waals surface area contributed by atoms with E-state index in [1.807, 2.05) is 0 Å². The maximum Gasteiger partial charge on any atom is 0.472 e. The molecule has 0 aliphatic rings. The van der Waals surface area contributed by atoms with Gasteiger partial charge in [0.25, 0.3) is 0 Å². The summed E-state index contributed by atoms with van der Waals surface area (Å²) in [4.78, 5) is 34.7. The monoisotopic (exact) mass is 706 g/mol. The van der Waals surface area contributed by atoms with Crippen molar-refractivity contribution >= 4 is 19.8 Å². The minimum absolute atomic E-state index is 0.183. The van der Waals surface area contributed by atoms with Gasteiger partial charge in [0, 0.05) is 12.8 Å². The number of allylic oxidation sites excluding steroid dienone is 2. The van der Waals surface area contributed by atoms with Crippen molar-refractivity contribution in [1.29, 1.82) is 0 Å². The smallest absolute Gasteiger partial charge is 0.462 e. The quantitative estimate of drug-likeness (QED) is 0.0249. The highest BCUT2D eigenvalue weighted by molar-refractivity contribution is 7.47. The first-order valence-corrected chi connectivity index (χ1v) is 20.6. The number of ether oxygens (including phenoxy) is 2. The Hall–Kier alpha value is -1.29. The van der Waals surface area contributed by atoms with Gasteiger partial charge in [-0.15, -0.1) is 0 Å². The number of aliphatic hydroxyl groups excluding tert-OH is 2. The van der Waals surface area contributed by atoms with E-state index >= 15 is 0 Å². The lowest BCUT2D eigenvalue weighted by atomic mass is 10.1. The summed E-state index contributed by atoms with van der Waals surface area (Å²) >= 11 is 0. The second-order valence-corrected chi connectivity index (χ2v) is 14.4. The average Bonchev–Trinajstić information content (AvgIpc) is 3.07. The number of phosphoric ester groups is 1. The van der Waals surface area contributed by atoms with E-state index in [1.165, 1.54) is 89.9 Å². The first-order valence-electron chi connectivity index (χ1n) is 19.1. The fraction of sp³-hybridized carbons (Fsp3) is 0.892. The van der Waals surface area contributed by atoms with Crippen LogP contribution in [-0.2, 0) is 32.7 Å². The summed E-state index contributed by atoms with van der Waals surface area (Å²) in [7, 11) is -4.60. The van der Waals surface area contributed by atoms with Crippen LogP contribution in [0.4, 0.5) is 0 Å². The lowest BCUT2D eigenvalue weighted by molar-refractivity contribution is -0.161. The molecule has 3 atom stereocenters. The van der Waals surface area contributed by atoms with Crippen molar-refractivity contribution in [2.75, 3.05) is 26.4 Å². The first kappa shape index (κ1) is 46.7. The zero-order valence-corrected chi connectivity index (χ0v) is 31.4. The molecule has 0 rings (SSSR count). The number of hydrogen-bond acceptors (Lipinski definition) is 9. The van der Waals surface area contributed by atoms with E-state index in [2.05, 4.69) is 30.5 Å². The number of phosphoric acid groups is 1. The van der Waals surface area contributed by atoms with Crippen molar-refractivity contribution in [2.24, 2.45) is 0 Å². The Labute approximate surface area is 292 Å². The van der Waals surface area contributed by atoms with Gasteiger partial charge in [0.15, 0.2) is 6.10 Å². The van der Waals surface area contributed by atoms with Gasteiger partial charge in [0.1, 0.15) is 12.7 Å². The van der Waals surface area contributed by atoms with E-state index in [9.17, 15) is 24.2 Å². The number of rotatable bonds is 36. The van der Waals surface area contributed by atoms with Crippen LogP contribution in [-0.4, -0.2) is 65.7 Å². The Morgan fingerprint density at radius 2 is 1.02 bits per heavy atom. The summed E-state index contributed by atoms with van der Waals surface area (Å²) in [5, 5.41) is 18.2. The predicted molar refractivity (Wildman–Crippen MR) is 192 cm³/mol. The van der Waals surface area contributed by atoms with Crippen LogP contribution < -0.4 is 0 Å².